The van der Waals surface area contributed by atoms with Crippen molar-refractivity contribution >= 4 is 58.0 Å². The second kappa shape index (κ2) is 8.72. The molecule has 2 aromatic carbocycles. The standard InChI is InChI=1S/C16H13Cl4NO4/c1-23-13-6-12(15(24-2)5-11(13)20)21-16(22)7-25-14-4-9(18)8(17)3-10(14)19/h3-6H,7H2,1-2H3,(H,21,22). The van der Waals surface area contributed by atoms with Crippen LogP contribution in [0.3, 0.4) is 0 Å². The van der Waals surface area contributed by atoms with Gasteiger partial charge in [-0.05, 0) is 6.07 Å². The topological polar surface area (TPSA) is 56.8 Å². The fraction of sp³-hybridized carbons (Fsp3) is 0.188. The monoisotopic (exact) mass is 423 g/mol. The number of carbonyl (C=O) groups is 1. The van der Waals surface area contributed by atoms with Crippen LogP contribution in [0.1, 0.15) is 0 Å². The molecule has 1 amide bonds. The SMILES string of the molecule is COc1cc(NC(=O)COc2cc(Cl)c(Cl)cc2Cl)c(OC)cc1Cl. The van der Waals surface area contributed by atoms with Gasteiger partial charge < -0.3 is 19.5 Å². The minimum Gasteiger partial charge on any atom is -0.495 e. The number of rotatable bonds is 6. The fourth-order valence-electron chi connectivity index (χ4n) is 1.90. The lowest BCUT2D eigenvalue weighted by atomic mass is 10.2. The Labute approximate surface area is 164 Å². The molecule has 0 heterocycles. The zero-order valence-corrected chi connectivity index (χ0v) is 16.2. The average Bonchev–Trinajstić information content (AvgIpc) is 2.58. The Balaban J connectivity index is 2.09. The predicted octanol–water partition coefficient (Wildman–Crippen LogP) is 5.33. The van der Waals surface area contributed by atoms with Crippen LogP contribution in [0.5, 0.6) is 17.2 Å². The maximum atomic E-state index is 12.1. The van der Waals surface area contributed by atoms with E-state index in [0.717, 1.165) is 0 Å². The van der Waals surface area contributed by atoms with Crippen molar-refractivity contribution in [2.45, 2.75) is 0 Å². The molecule has 9 heteroatoms. The van der Waals surface area contributed by atoms with E-state index in [9.17, 15) is 4.79 Å². The summed E-state index contributed by atoms with van der Waals surface area (Å²) in [5.74, 6) is 0.578. The second-order valence-electron chi connectivity index (χ2n) is 4.72. The highest BCUT2D eigenvalue weighted by Crippen LogP contribution is 2.36. The number of methoxy groups -OCH3 is 2. The molecule has 134 valence electrons. The van der Waals surface area contributed by atoms with Gasteiger partial charge in [0.25, 0.3) is 5.91 Å². The van der Waals surface area contributed by atoms with Gasteiger partial charge in [-0.25, -0.2) is 0 Å². The Bertz CT molecular complexity index is 798. The summed E-state index contributed by atoms with van der Waals surface area (Å²) >= 11 is 23.8. The van der Waals surface area contributed by atoms with E-state index in [0.29, 0.717) is 27.2 Å². The number of hydrogen-bond donors (Lipinski definition) is 1. The molecule has 0 fully saturated rings. The maximum absolute atomic E-state index is 12.1. The third-order valence-corrected chi connectivity index (χ3v) is 4.39. The number of benzene rings is 2. The van der Waals surface area contributed by atoms with Crippen molar-refractivity contribution in [1.29, 1.82) is 0 Å². The van der Waals surface area contributed by atoms with Gasteiger partial charge >= 0.3 is 0 Å². The summed E-state index contributed by atoms with van der Waals surface area (Å²) in [7, 11) is 2.93. The van der Waals surface area contributed by atoms with Gasteiger partial charge in [-0.1, -0.05) is 46.4 Å². The summed E-state index contributed by atoms with van der Waals surface area (Å²) in [6.45, 7) is -0.300. The first kappa shape index (κ1) is 19.8. The lowest BCUT2D eigenvalue weighted by Gasteiger charge is -2.14. The van der Waals surface area contributed by atoms with Gasteiger partial charge in [-0.2, -0.15) is 0 Å². The van der Waals surface area contributed by atoms with Crippen LogP contribution >= 0.6 is 46.4 Å². The molecule has 0 unspecified atom stereocenters. The Morgan fingerprint density at radius 3 is 2.04 bits per heavy atom. The van der Waals surface area contributed by atoms with Crippen LogP contribution in [0.4, 0.5) is 5.69 Å². The molecule has 0 saturated heterocycles. The minimum atomic E-state index is -0.440. The van der Waals surface area contributed by atoms with Gasteiger partial charge in [0.05, 0.1) is 40.0 Å². The molecule has 2 rings (SSSR count). The largest absolute Gasteiger partial charge is 0.495 e. The summed E-state index contributed by atoms with van der Waals surface area (Å²) in [5.41, 5.74) is 0.387. The van der Waals surface area contributed by atoms with E-state index in [1.807, 2.05) is 0 Å². The molecule has 0 radical (unpaired) electrons. The summed E-state index contributed by atoms with van der Waals surface area (Å²) in [6.07, 6.45) is 0. The van der Waals surface area contributed by atoms with Crippen molar-refractivity contribution in [3.05, 3.63) is 44.4 Å². The van der Waals surface area contributed by atoms with Crippen LogP contribution in [0.25, 0.3) is 0 Å². The lowest BCUT2D eigenvalue weighted by molar-refractivity contribution is -0.118. The molecule has 0 spiro atoms. The zero-order chi connectivity index (χ0) is 18.6. The molecule has 0 atom stereocenters. The Morgan fingerprint density at radius 2 is 1.40 bits per heavy atom. The van der Waals surface area contributed by atoms with Gasteiger partial charge in [0, 0.05) is 18.2 Å². The third kappa shape index (κ3) is 4.98. The van der Waals surface area contributed by atoms with Crippen LogP contribution in [0.15, 0.2) is 24.3 Å². The highest BCUT2D eigenvalue weighted by Gasteiger charge is 2.14. The molecule has 0 aromatic heterocycles. The second-order valence-corrected chi connectivity index (χ2v) is 6.35. The van der Waals surface area contributed by atoms with E-state index in [2.05, 4.69) is 5.32 Å². The molecule has 0 aliphatic carbocycles. The summed E-state index contributed by atoms with van der Waals surface area (Å²) in [6, 6.07) is 5.95. The van der Waals surface area contributed by atoms with Crippen LogP contribution in [-0.2, 0) is 4.79 Å². The summed E-state index contributed by atoms with van der Waals surface area (Å²) < 4.78 is 15.7. The number of ether oxygens (including phenoxy) is 3. The van der Waals surface area contributed by atoms with E-state index >= 15 is 0 Å². The lowest BCUT2D eigenvalue weighted by Crippen LogP contribution is -2.20. The Kier molecular flexibility index (Phi) is 6.90. The average molecular weight is 425 g/mol. The van der Waals surface area contributed by atoms with E-state index in [1.165, 1.54) is 32.4 Å². The van der Waals surface area contributed by atoms with Gasteiger partial charge in [-0.15, -0.1) is 0 Å². The summed E-state index contributed by atoms with van der Waals surface area (Å²) in [4.78, 5) is 12.1. The van der Waals surface area contributed by atoms with E-state index < -0.39 is 5.91 Å². The molecule has 0 aliphatic rings. The van der Waals surface area contributed by atoms with Gasteiger partial charge in [0.15, 0.2) is 6.61 Å². The number of anilines is 1. The Morgan fingerprint density at radius 1 is 0.840 bits per heavy atom. The highest BCUT2D eigenvalue weighted by atomic mass is 35.5. The first-order valence-corrected chi connectivity index (χ1v) is 8.35. The molecular weight excluding hydrogens is 412 g/mol. The van der Waals surface area contributed by atoms with E-state index in [1.54, 1.807) is 6.07 Å². The first-order valence-electron chi connectivity index (χ1n) is 6.84. The normalized spacial score (nSPS) is 10.3. The van der Waals surface area contributed by atoms with Crippen LogP contribution in [0.2, 0.25) is 20.1 Å². The van der Waals surface area contributed by atoms with Gasteiger partial charge in [0.1, 0.15) is 17.2 Å². The van der Waals surface area contributed by atoms with Crippen molar-refractivity contribution in [2.24, 2.45) is 0 Å². The quantitative estimate of drug-likeness (QED) is 0.636. The zero-order valence-electron chi connectivity index (χ0n) is 13.2. The number of nitrogens with one attached hydrogen (secondary N) is 1. The van der Waals surface area contributed by atoms with Crippen LogP contribution in [-0.4, -0.2) is 26.7 Å². The molecular formula is C16H13Cl4NO4. The number of hydrogen-bond acceptors (Lipinski definition) is 4. The van der Waals surface area contributed by atoms with Gasteiger partial charge in [-0.3, -0.25) is 4.79 Å². The molecule has 25 heavy (non-hydrogen) atoms. The molecule has 2 aromatic rings. The van der Waals surface area contributed by atoms with Crippen molar-refractivity contribution in [1.82, 2.24) is 0 Å². The molecule has 0 aliphatic heterocycles. The number of carbonyl (C=O) groups excluding carboxylic acids is 1. The van der Waals surface area contributed by atoms with E-state index in [4.69, 9.17) is 60.6 Å². The first-order chi connectivity index (χ1) is 11.8. The Hall–Kier alpha value is -1.53. The molecule has 0 bridgehead atoms. The van der Waals surface area contributed by atoms with Gasteiger partial charge in [0.2, 0.25) is 0 Å². The van der Waals surface area contributed by atoms with E-state index in [-0.39, 0.29) is 22.4 Å². The maximum Gasteiger partial charge on any atom is 0.262 e. The third-order valence-electron chi connectivity index (χ3n) is 3.08. The highest BCUT2D eigenvalue weighted by molar-refractivity contribution is 6.43. The molecule has 1 N–H and O–H groups in total. The number of halogens is 4. The van der Waals surface area contributed by atoms with Crippen LogP contribution < -0.4 is 19.5 Å². The van der Waals surface area contributed by atoms with Crippen molar-refractivity contribution in [3.8, 4) is 17.2 Å². The summed E-state index contributed by atoms with van der Waals surface area (Å²) in [5, 5.41) is 3.81. The smallest absolute Gasteiger partial charge is 0.262 e. The predicted molar refractivity (Wildman–Crippen MR) is 100 cm³/mol. The molecule has 5 nitrogen and oxygen atoms in total. The molecule has 0 saturated carbocycles. The number of amides is 1. The van der Waals surface area contributed by atoms with Crippen molar-refractivity contribution in [3.63, 3.8) is 0 Å². The van der Waals surface area contributed by atoms with Crippen molar-refractivity contribution < 1.29 is 19.0 Å². The fourth-order valence-corrected chi connectivity index (χ4v) is 2.72. The van der Waals surface area contributed by atoms with Crippen molar-refractivity contribution in [2.75, 3.05) is 26.1 Å². The minimum absolute atomic E-state index is 0.242. The van der Waals surface area contributed by atoms with Crippen LogP contribution in [0, 0.1) is 0 Å².